The Bertz CT molecular complexity index is 715. The number of nitriles is 1. The van der Waals surface area contributed by atoms with Crippen molar-refractivity contribution in [2.45, 2.75) is 51.0 Å². The van der Waals surface area contributed by atoms with Gasteiger partial charge < -0.3 is 9.64 Å². The minimum atomic E-state index is -0.154. The van der Waals surface area contributed by atoms with Crippen molar-refractivity contribution >= 4 is 11.8 Å². The van der Waals surface area contributed by atoms with Gasteiger partial charge in [-0.15, -0.1) is 0 Å². The van der Waals surface area contributed by atoms with Crippen LogP contribution in [-0.4, -0.2) is 54.7 Å². The quantitative estimate of drug-likeness (QED) is 0.761. The third-order valence-electron chi connectivity index (χ3n) is 6.47. The molecule has 6 nitrogen and oxygen atoms in total. The second kappa shape index (κ2) is 7.85. The Morgan fingerprint density at radius 2 is 2.00 bits per heavy atom. The van der Waals surface area contributed by atoms with E-state index in [0.29, 0.717) is 5.56 Å². The Balaban J connectivity index is 1.24. The Hall–Kier alpha value is -2.13. The number of anilines is 1. The van der Waals surface area contributed by atoms with Gasteiger partial charge in [0, 0.05) is 45.3 Å². The van der Waals surface area contributed by atoms with Gasteiger partial charge in [-0.05, 0) is 31.4 Å². The fraction of sp³-hybridized carbons (Fsp3) is 0.667. The van der Waals surface area contributed by atoms with Crippen molar-refractivity contribution in [3.63, 3.8) is 0 Å². The predicted molar refractivity (Wildman–Crippen MR) is 102 cm³/mol. The summed E-state index contributed by atoms with van der Waals surface area (Å²) in [6.45, 7) is 4.76. The summed E-state index contributed by atoms with van der Waals surface area (Å²) in [5.74, 6) is 0.957. The zero-order valence-electron chi connectivity index (χ0n) is 15.9. The van der Waals surface area contributed by atoms with Crippen LogP contribution in [0.2, 0.25) is 0 Å². The SMILES string of the molecule is N#Cc1ccnc(N2CCN(CC[C@@H]3CC4(CCCCC4)C(=O)O3)CC2)c1. The van der Waals surface area contributed by atoms with Crippen molar-refractivity contribution in [3.8, 4) is 6.07 Å². The fourth-order valence-electron chi connectivity index (χ4n) is 4.82. The van der Waals surface area contributed by atoms with Crippen LogP contribution >= 0.6 is 0 Å². The number of carbonyl (C=O) groups is 1. The number of ether oxygens (including phenoxy) is 1. The van der Waals surface area contributed by atoms with E-state index in [1.807, 2.05) is 6.07 Å². The summed E-state index contributed by atoms with van der Waals surface area (Å²) in [6.07, 6.45) is 9.32. The van der Waals surface area contributed by atoms with E-state index in [2.05, 4.69) is 20.9 Å². The monoisotopic (exact) mass is 368 g/mol. The van der Waals surface area contributed by atoms with E-state index >= 15 is 0 Å². The first-order chi connectivity index (χ1) is 13.2. The van der Waals surface area contributed by atoms with Crippen molar-refractivity contribution in [3.05, 3.63) is 23.9 Å². The van der Waals surface area contributed by atoms with Gasteiger partial charge in [0.05, 0.1) is 17.0 Å². The van der Waals surface area contributed by atoms with Gasteiger partial charge in [0.2, 0.25) is 0 Å². The second-order valence-corrected chi connectivity index (χ2v) is 8.20. The standard InChI is InChI=1S/C21H28N4O2/c22-16-17-4-8-23-19(14-17)25-12-10-24(11-13-25)9-5-18-15-21(20(26)27-18)6-2-1-3-7-21/h4,8,14,18H,1-3,5-7,9-13,15H2/t18-/m1/s1. The zero-order chi connectivity index (χ0) is 18.7. The van der Waals surface area contributed by atoms with Crippen molar-refractivity contribution in [1.29, 1.82) is 5.26 Å². The van der Waals surface area contributed by atoms with E-state index in [0.717, 1.165) is 64.2 Å². The minimum Gasteiger partial charge on any atom is -0.462 e. The lowest BCUT2D eigenvalue weighted by molar-refractivity contribution is -0.150. The van der Waals surface area contributed by atoms with Crippen molar-refractivity contribution in [2.75, 3.05) is 37.6 Å². The molecule has 3 fully saturated rings. The zero-order valence-corrected chi connectivity index (χ0v) is 15.9. The molecule has 1 aromatic heterocycles. The van der Waals surface area contributed by atoms with E-state index in [1.165, 1.54) is 19.3 Å². The molecule has 0 aromatic carbocycles. The molecule has 27 heavy (non-hydrogen) atoms. The van der Waals surface area contributed by atoms with Gasteiger partial charge in [-0.3, -0.25) is 9.69 Å². The van der Waals surface area contributed by atoms with Crippen LogP contribution in [0.25, 0.3) is 0 Å². The summed E-state index contributed by atoms with van der Waals surface area (Å²) in [7, 11) is 0. The van der Waals surface area contributed by atoms with Crippen LogP contribution in [0.1, 0.15) is 50.5 Å². The Morgan fingerprint density at radius 3 is 2.74 bits per heavy atom. The lowest BCUT2D eigenvalue weighted by Gasteiger charge is -2.35. The average Bonchev–Trinajstić information content (AvgIpc) is 3.02. The molecule has 1 aliphatic carbocycles. The minimum absolute atomic E-state index is 0.0699. The van der Waals surface area contributed by atoms with E-state index in [1.54, 1.807) is 12.3 Å². The van der Waals surface area contributed by atoms with Gasteiger partial charge in [-0.2, -0.15) is 5.26 Å². The van der Waals surface area contributed by atoms with E-state index in [4.69, 9.17) is 10.00 Å². The highest BCUT2D eigenvalue weighted by atomic mass is 16.6. The van der Waals surface area contributed by atoms with Gasteiger partial charge in [-0.1, -0.05) is 19.3 Å². The number of carbonyl (C=O) groups excluding carboxylic acids is 1. The van der Waals surface area contributed by atoms with Crippen molar-refractivity contribution < 1.29 is 9.53 Å². The number of cyclic esters (lactones) is 1. The second-order valence-electron chi connectivity index (χ2n) is 8.20. The third-order valence-corrected chi connectivity index (χ3v) is 6.47. The van der Waals surface area contributed by atoms with Gasteiger partial charge in [0.25, 0.3) is 0 Å². The topological polar surface area (TPSA) is 69.5 Å². The van der Waals surface area contributed by atoms with Crippen LogP contribution in [-0.2, 0) is 9.53 Å². The Labute approximate surface area is 161 Å². The van der Waals surface area contributed by atoms with Crippen molar-refractivity contribution in [1.82, 2.24) is 9.88 Å². The number of pyridine rings is 1. The molecule has 1 aromatic rings. The van der Waals surface area contributed by atoms with Gasteiger partial charge in [0.15, 0.2) is 0 Å². The van der Waals surface area contributed by atoms with Crippen molar-refractivity contribution in [2.24, 2.45) is 5.41 Å². The summed E-state index contributed by atoms with van der Waals surface area (Å²) < 4.78 is 5.75. The molecule has 0 unspecified atom stereocenters. The van der Waals surface area contributed by atoms with Gasteiger partial charge in [0.1, 0.15) is 11.9 Å². The largest absolute Gasteiger partial charge is 0.462 e. The molecule has 1 atom stereocenters. The molecule has 0 amide bonds. The highest BCUT2D eigenvalue weighted by Crippen LogP contribution is 2.46. The van der Waals surface area contributed by atoms with Crippen LogP contribution in [0.5, 0.6) is 0 Å². The summed E-state index contributed by atoms with van der Waals surface area (Å²) in [4.78, 5) is 21.5. The maximum atomic E-state index is 12.4. The maximum absolute atomic E-state index is 12.4. The average molecular weight is 368 g/mol. The molecule has 2 aliphatic heterocycles. The number of hydrogen-bond donors (Lipinski definition) is 0. The molecule has 6 heteroatoms. The fourth-order valence-corrected chi connectivity index (χ4v) is 4.82. The summed E-state index contributed by atoms with van der Waals surface area (Å²) >= 11 is 0. The van der Waals surface area contributed by atoms with E-state index in [-0.39, 0.29) is 17.5 Å². The maximum Gasteiger partial charge on any atom is 0.312 e. The molecule has 3 heterocycles. The molecule has 0 N–H and O–H groups in total. The first-order valence-corrected chi connectivity index (χ1v) is 10.2. The van der Waals surface area contributed by atoms with Crippen LogP contribution in [0.4, 0.5) is 5.82 Å². The molecule has 1 spiro atoms. The summed E-state index contributed by atoms with van der Waals surface area (Å²) in [6, 6.07) is 5.77. The summed E-state index contributed by atoms with van der Waals surface area (Å²) in [5.41, 5.74) is 0.501. The molecule has 2 saturated heterocycles. The van der Waals surface area contributed by atoms with Crippen LogP contribution in [0, 0.1) is 16.7 Å². The molecular formula is C21H28N4O2. The molecule has 0 bridgehead atoms. The number of aromatic nitrogens is 1. The molecule has 1 saturated carbocycles. The lowest BCUT2D eigenvalue weighted by Crippen LogP contribution is -2.47. The lowest BCUT2D eigenvalue weighted by atomic mass is 9.72. The number of esters is 1. The smallest absolute Gasteiger partial charge is 0.312 e. The molecular weight excluding hydrogens is 340 g/mol. The van der Waals surface area contributed by atoms with Crippen LogP contribution < -0.4 is 4.90 Å². The molecule has 3 aliphatic rings. The first-order valence-electron chi connectivity index (χ1n) is 10.2. The Morgan fingerprint density at radius 1 is 1.22 bits per heavy atom. The third kappa shape index (κ3) is 3.93. The molecule has 4 rings (SSSR count). The molecule has 0 radical (unpaired) electrons. The number of hydrogen-bond acceptors (Lipinski definition) is 6. The predicted octanol–water partition coefficient (Wildman–Crippen LogP) is 2.73. The number of nitrogens with zero attached hydrogens (tertiary/aromatic N) is 4. The van der Waals surface area contributed by atoms with E-state index < -0.39 is 0 Å². The highest BCUT2D eigenvalue weighted by Gasteiger charge is 2.48. The van der Waals surface area contributed by atoms with E-state index in [9.17, 15) is 4.79 Å². The normalized spacial score (nSPS) is 25.4. The number of rotatable bonds is 4. The van der Waals surface area contributed by atoms with Gasteiger partial charge >= 0.3 is 5.97 Å². The number of piperazine rings is 1. The highest BCUT2D eigenvalue weighted by molar-refractivity contribution is 5.79. The summed E-state index contributed by atoms with van der Waals surface area (Å²) in [5, 5.41) is 9.05. The molecule has 144 valence electrons. The van der Waals surface area contributed by atoms with Crippen LogP contribution in [0.15, 0.2) is 18.3 Å². The van der Waals surface area contributed by atoms with Gasteiger partial charge in [-0.25, -0.2) is 4.98 Å². The Kier molecular flexibility index (Phi) is 5.31. The van der Waals surface area contributed by atoms with Crippen LogP contribution in [0.3, 0.4) is 0 Å². The first kappa shape index (κ1) is 18.2.